The number of nitrogens with zero attached hydrogens (tertiary/aromatic N) is 1. The van der Waals surface area contributed by atoms with Crippen LogP contribution in [-0.2, 0) is 6.18 Å². The topological polar surface area (TPSA) is 15.3 Å². The van der Waals surface area contributed by atoms with Crippen LogP contribution in [0.1, 0.15) is 37.4 Å². The average molecular weight is 335 g/mol. The molecule has 1 unspecified atom stereocenters. The van der Waals surface area contributed by atoms with Crippen molar-refractivity contribution in [1.82, 2.24) is 10.2 Å². The van der Waals surface area contributed by atoms with Gasteiger partial charge in [0, 0.05) is 37.2 Å². The van der Waals surface area contributed by atoms with E-state index in [9.17, 15) is 13.2 Å². The summed E-state index contributed by atoms with van der Waals surface area (Å²) in [7, 11) is 0. The minimum absolute atomic E-state index is 0.0816. The summed E-state index contributed by atoms with van der Waals surface area (Å²) in [5.74, 6) is 0.235. The SMILES string of the molecule is CCC(C)[C@@H](c1cc(C(F)(F)F)ccc1Cl)N1CCNCC1. The first kappa shape index (κ1) is 17.6. The molecule has 1 aromatic rings. The van der Waals surface area contributed by atoms with Crippen LogP contribution in [0.25, 0.3) is 0 Å². The van der Waals surface area contributed by atoms with Gasteiger partial charge < -0.3 is 5.32 Å². The number of hydrogen-bond donors (Lipinski definition) is 1. The Kier molecular flexibility index (Phi) is 5.75. The van der Waals surface area contributed by atoms with Crippen LogP contribution in [0.3, 0.4) is 0 Å². The molecule has 2 rings (SSSR count). The van der Waals surface area contributed by atoms with Crippen molar-refractivity contribution in [2.75, 3.05) is 26.2 Å². The van der Waals surface area contributed by atoms with Crippen LogP contribution in [0.2, 0.25) is 5.02 Å². The lowest BCUT2D eigenvalue weighted by Crippen LogP contribution is -2.46. The number of hydrogen-bond acceptors (Lipinski definition) is 2. The minimum Gasteiger partial charge on any atom is -0.314 e. The summed E-state index contributed by atoms with van der Waals surface area (Å²) in [5.41, 5.74) is -0.0388. The Morgan fingerprint density at radius 1 is 1.27 bits per heavy atom. The molecule has 0 aliphatic carbocycles. The Bertz CT molecular complexity index is 499. The Morgan fingerprint density at radius 2 is 1.91 bits per heavy atom. The maximum absolute atomic E-state index is 13.0. The summed E-state index contributed by atoms with van der Waals surface area (Å²) in [5, 5.41) is 3.69. The highest BCUT2D eigenvalue weighted by atomic mass is 35.5. The quantitative estimate of drug-likeness (QED) is 0.880. The molecular formula is C16H22ClF3N2. The normalized spacial score (nSPS) is 19.9. The average Bonchev–Trinajstić information content (AvgIpc) is 2.49. The van der Waals surface area contributed by atoms with Crippen LogP contribution in [0.4, 0.5) is 13.2 Å². The molecule has 0 spiro atoms. The Labute approximate surface area is 134 Å². The number of alkyl halides is 3. The number of nitrogens with one attached hydrogen (secondary N) is 1. The molecule has 0 radical (unpaired) electrons. The van der Waals surface area contributed by atoms with Crippen molar-refractivity contribution in [3.05, 3.63) is 34.3 Å². The lowest BCUT2D eigenvalue weighted by atomic mass is 9.89. The fourth-order valence-corrected chi connectivity index (χ4v) is 3.22. The maximum atomic E-state index is 13.0. The maximum Gasteiger partial charge on any atom is 0.416 e. The smallest absolute Gasteiger partial charge is 0.314 e. The van der Waals surface area contributed by atoms with Crippen LogP contribution in [0.5, 0.6) is 0 Å². The molecule has 1 N–H and O–H groups in total. The van der Waals surface area contributed by atoms with E-state index in [1.165, 1.54) is 12.1 Å². The Balaban J connectivity index is 2.41. The van der Waals surface area contributed by atoms with E-state index >= 15 is 0 Å². The van der Waals surface area contributed by atoms with Gasteiger partial charge in [0.05, 0.1) is 5.56 Å². The molecule has 2 nitrogen and oxygen atoms in total. The third-order valence-corrected chi connectivity index (χ3v) is 4.71. The van der Waals surface area contributed by atoms with Crippen LogP contribution in [0.15, 0.2) is 18.2 Å². The molecule has 1 saturated heterocycles. The molecule has 6 heteroatoms. The molecule has 124 valence electrons. The van der Waals surface area contributed by atoms with E-state index in [4.69, 9.17) is 11.6 Å². The van der Waals surface area contributed by atoms with E-state index in [-0.39, 0.29) is 12.0 Å². The highest BCUT2D eigenvalue weighted by Crippen LogP contribution is 2.39. The molecule has 1 fully saturated rings. The second kappa shape index (κ2) is 7.20. The van der Waals surface area contributed by atoms with Crippen molar-refractivity contribution in [2.24, 2.45) is 5.92 Å². The zero-order valence-corrected chi connectivity index (χ0v) is 13.6. The van der Waals surface area contributed by atoms with Crippen molar-refractivity contribution >= 4 is 11.6 Å². The standard InChI is InChI=1S/C16H22ClF3N2/c1-3-11(2)15(22-8-6-21-7-9-22)13-10-12(16(18,19)20)4-5-14(13)17/h4-5,10-11,15,21H,3,6-9H2,1-2H3/t11?,15-/m0/s1. The number of benzene rings is 1. The first-order chi connectivity index (χ1) is 10.3. The van der Waals surface area contributed by atoms with Crippen LogP contribution in [-0.4, -0.2) is 31.1 Å². The molecule has 1 aromatic carbocycles. The van der Waals surface area contributed by atoms with E-state index in [0.717, 1.165) is 38.7 Å². The van der Waals surface area contributed by atoms with E-state index in [0.29, 0.717) is 10.6 Å². The summed E-state index contributed by atoms with van der Waals surface area (Å²) in [6.07, 6.45) is -3.45. The number of rotatable bonds is 4. The van der Waals surface area contributed by atoms with Gasteiger partial charge in [-0.1, -0.05) is 31.9 Å². The lowest BCUT2D eigenvalue weighted by molar-refractivity contribution is -0.137. The molecule has 22 heavy (non-hydrogen) atoms. The summed E-state index contributed by atoms with van der Waals surface area (Å²) >= 11 is 6.25. The molecule has 1 heterocycles. The van der Waals surface area contributed by atoms with Crippen molar-refractivity contribution in [2.45, 2.75) is 32.5 Å². The highest BCUT2D eigenvalue weighted by Gasteiger charge is 2.34. The molecule has 1 aliphatic heterocycles. The molecule has 1 aliphatic rings. The predicted molar refractivity (Wildman–Crippen MR) is 83.1 cm³/mol. The van der Waals surface area contributed by atoms with Crippen molar-refractivity contribution in [3.63, 3.8) is 0 Å². The van der Waals surface area contributed by atoms with Crippen LogP contribution >= 0.6 is 11.6 Å². The van der Waals surface area contributed by atoms with E-state index in [1.807, 2.05) is 0 Å². The monoisotopic (exact) mass is 334 g/mol. The minimum atomic E-state index is -4.34. The third kappa shape index (κ3) is 3.94. The van der Waals surface area contributed by atoms with E-state index in [2.05, 4.69) is 24.1 Å². The third-order valence-electron chi connectivity index (χ3n) is 4.37. The first-order valence-corrected chi connectivity index (χ1v) is 8.03. The molecule has 0 saturated carbocycles. The van der Waals surface area contributed by atoms with Gasteiger partial charge in [-0.05, 0) is 29.7 Å². The summed E-state index contributed by atoms with van der Waals surface area (Å²) in [6.45, 7) is 7.47. The first-order valence-electron chi connectivity index (χ1n) is 7.66. The molecule has 0 bridgehead atoms. The number of halogens is 4. The summed E-state index contributed by atoms with van der Waals surface area (Å²) in [4.78, 5) is 2.24. The largest absolute Gasteiger partial charge is 0.416 e. The van der Waals surface area contributed by atoms with Gasteiger partial charge in [0.1, 0.15) is 0 Å². The lowest BCUT2D eigenvalue weighted by Gasteiger charge is -2.39. The van der Waals surface area contributed by atoms with Crippen LogP contribution < -0.4 is 5.32 Å². The molecule has 2 atom stereocenters. The van der Waals surface area contributed by atoms with Gasteiger partial charge in [-0.2, -0.15) is 13.2 Å². The second-order valence-electron chi connectivity index (χ2n) is 5.85. The molecule has 0 amide bonds. The van der Waals surface area contributed by atoms with Crippen molar-refractivity contribution in [1.29, 1.82) is 0 Å². The Morgan fingerprint density at radius 3 is 2.45 bits per heavy atom. The van der Waals surface area contributed by atoms with Gasteiger partial charge in [-0.25, -0.2) is 0 Å². The highest BCUT2D eigenvalue weighted by molar-refractivity contribution is 6.31. The predicted octanol–water partition coefficient (Wildman–Crippen LogP) is 4.35. The van der Waals surface area contributed by atoms with Gasteiger partial charge in [0.15, 0.2) is 0 Å². The van der Waals surface area contributed by atoms with Gasteiger partial charge in [0.25, 0.3) is 0 Å². The summed E-state index contributed by atoms with van der Waals surface area (Å²) in [6, 6.07) is 3.57. The van der Waals surface area contributed by atoms with E-state index < -0.39 is 11.7 Å². The zero-order chi connectivity index (χ0) is 16.3. The fourth-order valence-electron chi connectivity index (χ4n) is 2.99. The van der Waals surface area contributed by atoms with Gasteiger partial charge >= 0.3 is 6.18 Å². The van der Waals surface area contributed by atoms with Crippen molar-refractivity contribution in [3.8, 4) is 0 Å². The second-order valence-corrected chi connectivity index (χ2v) is 6.26. The number of piperazine rings is 1. The molecule has 0 aromatic heterocycles. The van der Waals surface area contributed by atoms with Gasteiger partial charge in [-0.3, -0.25) is 4.90 Å². The van der Waals surface area contributed by atoms with Gasteiger partial charge in [0.2, 0.25) is 0 Å². The van der Waals surface area contributed by atoms with E-state index in [1.54, 1.807) is 0 Å². The molecular weight excluding hydrogens is 313 g/mol. The van der Waals surface area contributed by atoms with Crippen LogP contribution in [0, 0.1) is 5.92 Å². The fraction of sp³-hybridized carbons (Fsp3) is 0.625. The Hall–Kier alpha value is -0.780. The van der Waals surface area contributed by atoms with Crippen molar-refractivity contribution < 1.29 is 13.2 Å². The van der Waals surface area contributed by atoms with Gasteiger partial charge in [-0.15, -0.1) is 0 Å². The zero-order valence-electron chi connectivity index (χ0n) is 12.9. The summed E-state index contributed by atoms with van der Waals surface area (Å²) < 4.78 is 39.1.